The van der Waals surface area contributed by atoms with Gasteiger partial charge in [0.05, 0.1) is 7.11 Å². The molecule has 0 spiro atoms. The van der Waals surface area contributed by atoms with Crippen molar-refractivity contribution in [2.24, 2.45) is 0 Å². The first-order valence-corrected chi connectivity index (χ1v) is 9.29. The minimum Gasteiger partial charge on any atom is -0.496 e. The minimum absolute atomic E-state index is 0.222. The minimum atomic E-state index is -0.568. The highest BCUT2D eigenvalue weighted by Crippen LogP contribution is 2.28. The Balaban J connectivity index is 1.51. The summed E-state index contributed by atoms with van der Waals surface area (Å²) in [5.74, 6) is -0.360. The molecule has 5 nitrogen and oxygen atoms in total. The highest BCUT2D eigenvalue weighted by molar-refractivity contribution is 6.01. The lowest BCUT2D eigenvalue weighted by atomic mass is 10.0. The number of hydrogen-bond acceptors (Lipinski definition) is 4. The Morgan fingerprint density at radius 2 is 1.71 bits per heavy atom. The van der Waals surface area contributed by atoms with Crippen LogP contribution in [0.25, 0.3) is 10.8 Å². The molecule has 5 heteroatoms. The normalized spacial score (nSPS) is 13.1. The molecule has 0 saturated heterocycles. The number of para-hydroxylation sites is 1. The van der Waals surface area contributed by atoms with Crippen molar-refractivity contribution in [3.05, 3.63) is 71.8 Å². The number of nitrogens with zero attached hydrogens (tertiary/aromatic N) is 1. The third-order valence-electron chi connectivity index (χ3n) is 5.03. The second-order valence-electron chi connectivity index (χ2n) is 6.75. The van der Waals surface area contributed by atoms with E-state index in [1.807, 2.05) is 48.5 Å². The van der Waals surface area contributed by atoms with Crippen LogP contribution in [0.4, 0.5) is 5.69 Å². The van der Waals surface area contributed by atoms with E-state index in [-0.39, 0.29) is 12.5 Å². The quantitative estimate of drug-likeness (QED) is 0.647. The van der Waals surface area contributed by atoms with Gasteiger partial charge in [0, 0.05) is 12.2 Å². The Morgan fingerprint density at radius 3 is 2.50 bits per heavy atom. The first kappa shape index (κ1) is 18.0. The topological polar surface area (TPSA) is 55.8 Å². The zero-order valence-corrected chi connectivity index (χ0v) is 15.7. The van der Waals surface area contributed by atoms with Crippen LogP contribution in [-0.4, -0.2) is 32.1 Å². The summed E-state index contributed by atoms with van der Waals surface area (Å²) in [6, 6.07) is 19.1. The molecule has 0 radical (unpaired) electrons. The van der Waals surface area contributed by atoms with Gasteiger partial charge in [-0.05, 0) is 47.4 Å². The summed E-state index contributed by atoms with van der Waals surface area (Å²) in [5.41, 5.74) is 2.36. The zero-order chi connectivity index (χ0) is 19.5. The van der Waals surface area contributed by atoms with Gasteiger partial charge in [-0.25, -0.2) is 4.79 Å². The molecule has 0 bridgehead atoms. The SMILES string of the molecule is COc1cc2ccccc2cc1C(=O)OCC(=O)N1CCCc2ccccc21. The standard InChI is InChI=1S/C23H21NO4/c1-27-21-14-18-9-3-2-8-17(18)13-19(21)23(26)28-15-22(25)24-12-6-10-16-7-4-5-11-20(16)24/h2-5,7-9,11,13-14H,6,10,12,15H2,1H3. The third kappa shape index (κ3) is 3.43. The molecule has 4 rings (SSSR count). The van der Waals surface area contributed by atoms with E-state index < -0.39 is 5.97 Å². The lowest BCUT2D eigenvalue weighted by molar-refractivity contribution is -0.121. The van der Waals surface area contributed by atoms with Crippen LogP contribution in [0.2, 0.25) is 0 Å². The van der Waals surface area contributed by atoms with Crippen molar-refractivity contribution in [2.45, 2.75) is 12.8 Å². The van der Waals surface area contributed by atoms with Crippen LogP contribution in [0.1, 0.15) is 22.3 Å². The molecule has 142 valence electrons. The van der Waals surface area contributed by atoms with Gasteiger partial charge in [-0.1, -0.05) is 42.5 Å². The Kier molecular flexibility index (Phi) is 4.98. The Bertz CT molecular complexity index is 1040. The van der Waals surface area contributed by atoms with Gasteiger partial charge in [0.25, 0.3) is 5.91 Å². The maximum Gasteiger partial charge on any atom is 0.342 e. The van der Waals surface area contributed by atoms with Crippen LogP contribution < -0.4 is 9.64 Å². The predicted molar refractivity (Wildman–Crippen MR) is 108 cm³/mol. The van der Waals surface area contributed by atoms with Gasteiger partial charge in [-0.2, -0.15) is 0 Å². The van der Waals surface area contributed by atoms with E-state index >= 15 is 0 Å². The summed E-state index contributed by atoms with van der Waals surface area (Å²) in [6.45, 7) is 0.329. The van der Waals surface area contributed by atoms with E-state index in [9.17, 15) is 9.59 Å². The zero-order valence-electron chi connectivity index (χ0n) is 15.7. The van der Waals surface area contributed by atoms with Gasteiger partial charge in [-0.15, -0.1) is 0 Å². The third-order valence-corrected chi connectivity index (χ3v) is 5.03. The molecule has 28 heavy (non-hydrogen) atoms. The number of carbonyl (C=O) groups excluding carboxylic acids is 2. The number of rotatable bonds is 4. The summed E-state index contributed by atoms with van der Waals surface area (Å²) in [5, 5.41) is 1.88. The number of anilines is 1. The second kappa shape index (κ2) is 7.72. The molecule has 0 fully saturated rings. The summed E-state index contributed by atoms with van der Waals surface area (Å²) in [6.07, 6.45) is 1.85. The van der Waals surface area contributed by atoms with Gasteiger partial charge in [0.15, 0.2) is 6.61 Å². The molecule has 1 aliphatic rings. The van der Waals surface area contributed by atoms with Crippen LogP contribution in [0.15, 0.2) is 60.7 Å². The fourth-order valence-electron chi connectivity index (χ4n) is 3.62. The van der Waals surface area contributed by atoms with Crippen molar-refractivity contribution in [2.75, 3.05) is 25.2 Å². The monoisotopic (exact) mass is 375 g/mol. The first-order chi connectivity index (χ1) is 13.7. The van der Waals surface area contributed by atoms with Crippen LogP contribution in [-0.2, 0) is 16.0 Å². The lowest BCUT2D eigenvalue weighted by Crippen LogP contribution is -2.38. The van der Waals surface area contributed by atoms with Gasteiger partial charge < -0.3 is 14.4 Å². The summed E-state index contributed by atoms with van der Waals surface area (Å²) < 4.78 is 10.7. The molecule has 1 heterocycles. The number of ether oxygens (including phenoxy) is 2. The van der Waals surface area contributed by atoms with Crippen LogP contribution in [0, 0.1) is 0 Å². The molecule has 0 unspecified atom stereocenters. The van der Waals surface area contributed by atoms with Crippen LogP contribution in [0.3, 0.4) is 0 Å². The van der Waals surface area contributed by atoms with Crippen molar-refractivity contribution >= 4 is 28.3 Å². The van der Waals surface area contributed by atoms with Crippen molar-refractivity contribution in [3.63, 3.8) is 0 Å². The van der Waals surface area contributed by atoms with Gasteiger partial charge in [-0.3, -0.25) is 4.79 Å². The molecular formula is C23H21NO4. The van der Waals surface area contributed by atoms with Crippen molar-refractivity contribution in [1.29, 1.82) is 0 Å². The molecule has 0 atom stereocenters. The van der Waals surface area contributed by atoms with Crippen molar-refractivity contribution in [1.82, 2.24) is 0 Å². The van der Waals surface area contributed by atoms with E-state index in [0.717, 1.165) is 34.9 Å². The molecule has 3 aromatic carbocycles. The number of aryl methyl sites for hydroxylation is 1. The molecule has 3 aromatic rings. The highest BCUT2D eigenvalue weighted by atomic mass is 16.5. The van der Waals surface area contributed by atoms with Gasteiger partial charge in [0.1, 0.15) is 11.3 Å². The maximum atomic E-state index is 12.7. The maximum absolute atomic E-state index is 12.7. The predicted octanol–water partition coefficient (Wildman–Crippen LogP) is 3.98. The summed E-state index contributed by atoms with van der Waals surface area (Å²) >= 11 is 0. The Hall–Kier alpha value is -3.34. The average molecular weight is 375 g/mol. The number of hydrogen-bond donors (Lipinski definition) is 0. The van der Waals surface area contributed by atoms with Gasteiger partial charge in [0.2, 0.25) is 0 Å². The van der Waals surface area contributed by atoms with Crippen LogP contribution in [0.5, 0.6) is 5.75 Å². The summed E-state index contributed by atoms with van der Waals surface area (Å²) in [4.78, 5) is 27.0. The Labute approximate surface area is 163 Å². The molecule has 0 aliphatic carbocycles. The van der Waals surface area contributed by atoms with Gasteiger partial charge >= 0.3 is 5.97 Å². The van der Waals surface area contributed by atoms with E-state index in [1.54, 1.807) is 17.0 Å². The largest absolute Gasteiger partial charge is 0.496 e. The second-order valence-corrected chi connectivity index (χ2v) is 6.75. The highest BCUT2D eigenvalue weighted by Gasteiger charge is 2.24. The summed E-state index contributed by atoms with van der Waals surface area (Å²) in [7, 11) is 1.51. The average Bonchev–Trinajstić information content (AvgIpc) is 2.75. The molecule has 0 saturated carbocycles. The molecule has 0 N–H and O–H groups in total. The smallest absolute Gasteiger partial charge is 0.342 e. The molecular weight excluding hydrogens is 354 g/mol. The Morgan fingerprint density at radius 1 is 1.00 bits per heavy atom. The molecule has 1 aliphatic heterocycles. The number of methoxy groups -OCH3 is 1. The van der Waals surface area contributed by atoms with Crippen LogP contribution >= 0.6 is 0 Å². The number of esters is 1. The van der Waals surface area contributed by atoms with E-state index in [2.05, 4.69) is 0 Å². The fourth-order valence-corrected chi connectivity index (χ4v) is 3.62. The number of carbonyl (C=O) groups is 2. The fraction of sp³-hybridized carbons (Fsp3) is 0.217. The lowest BCUT2D eigenvalue weighted by Gasteiger charge is -2.29. The van der Waals surface area contributed by atoms with E-state index in [0.29, 0.717) is 17.9 Å². The number of fused-ring (bicyclic) bond motifs is 2. The number of amides is 1. The molecule has 0 aromatic heterocycles. The van der Waals surface area contributed by atoms with E-state index in [1.165, 1.54) is 7.11 Å². The van der Waals surface area contributed by atoms with Crippen molar-refractivity contribution < 1.29 is 19.1 Å². The molecule has 1 amide bonds. The first-order valence-electron chi connectivity index (χ1n) is 9.29. The van der Waals surface area contributed by atoms with E-state index in [4.69, 9.17) is 9.47 Å². The number of benzene rings is 3. The van der Waals surface area contributed by atoms with Crippen molar-refractivity contribution in [3.8, 4) is 5.75 Å².